The third kappa shape index (κ3) is 6.07. The number of alkyl carbamates (subject to hydrolysis) is 1. The molecule has 7 heteroatoms. The number of hydrogen-bond donors (Lipinski definition) is 3. The van der Waals surface area contributed by atoms with Gasteiger partial charge in [0.1, 0.15) is 11.1 Å². The van der Waals surface area contributed by atoms with Crippen LogP contribution in [-0.2, 0) is 14.3 Å². The molecule has 3 atom stereocenters. The Morgan fingerprint density at radius 1 is 1.36 bits per heavy atom. The van der Waals surface area contributed by atoms with Gasteiger partial charge in [0.25, 0.3) is 0 Å². The normalized spacial score (nSPS) is 25.9. The number of rotatable bonds is 7. The molecule has 0 bridgehead atoms. The molecular formula is C18H31N3O4. The number of allylic oxidation sites excluding steroid dienone is 1. The Balaban J connectivity index is 2.68. The standard InChI is InChI=1S/C18H31N3O4/c1-6-7-14-10-13(8-9-20-16(24)25-17(3,4)5)11-18(14,15(19)23)21-12(2)22/h6,13-14H,1,7-11H2,2-5H3,(H2,19,23)(H,20,24)(H,21,22)/t13-,14?,18-/m0/s1. The topological polar surface area (TPSA) is 111 Å². The Morgan fingerprint density at radius 3 is 2.48 bits per heavy atom. The van der Waals surface area contributed by atoms with E-state index in [0.29, 0.717) is 25.8 Å². The summed E-state index contributed by atoms with van der Waals surface area (Å²) in [5, 5.41) is 5.50. The molecule has 0 aliphatic heterocycles. The number of hydrogen-bond acceptors (Lipinski definition) is 4. The maximum absolute atomic E-state index is 12.1. The minimum Gasteiger partial charge on any atom is -0.444 e. The smallest absolute Gasteiger partial charge is 0.407 e. The molecule has 0 aromatic carbocycles. The van der Waals surface area contributed by atoms with Crippen molar-refractivity contribution in [3.8, 4) is 0 Å². The summed E-state index contributed by atoms with van der Waals surface area (Å²) in [7, 11) is 0. The van der Waals surface area contributed by atoms with E-state index >= 15 is 0 Å². The van der Waals surface area contributed by atoms with Gasteiger partial charge in [0, 0.05) is 13.5 Å². The number of carbonyl (C=O) groups excluding carboxylic acids is 3. The second kappa shape index (κ2) is 8.36. The molecule has 4 N–H and O–H groups in total. The second-order valence-electron chi connectivity index (χ2n) is 7.76. The lowest BCUT2D eigenvalue weighted by Crippen LogP contribution is -2.59. The number of nitrogens with two attached hydrogens (primary N) is 1. The van der Waals surface area contributed by atoms with Crippen molar-refractivity contribution < 1.29 is 19.1 Å². The van der Waals surface area contributed by atoms with Gasteiger partial charge in [-0.25, -0.2) is 4.79 Å². The summed E-state index contributed by atoms with van der Waals surface area (Å²) in [6.45, 7) is 11.0. The molecule has 1 aliphatic rings. The van der Waals surface area contributed by atoms with Gasteiger partial charge in [0.05, 0.1) is 0 Å². The number of carbonyl (C=O) groups is 3. The molecule has 1 saturated carbocycles. The predicted molar refractivity (Wildman–Crippen MR) is 95.6 cm³/mol. The number of primary amides is 1. The summed E-state index contributed by atoms with van der Waals surface area (Å²) in [6.07, 6.45) is 3.77. The molecule has 0 aromatic rings. The molecule has 1 unspecified atom stereocenters. The highest BCUT2D eigenvalue weighted by Crippen LogP contribution is 2.43. The van der Waals surface area contributed by atoms with Crippen LogP contribution in [0.5, 0.6) is 0 Å². The van der Waals surface area contributed by atoms with E-state index in [9.17, 15) is 14.4 Å². The first-order chi connectivity index (χ1) is 11.5. The lowest BCUT2D eigenvalue weighted by atomic mass is 9.83. The molecule has 1 aliphatic carbocycles. The highest BCUT2D eigenvalue weighted by atomic mass is 16.6. The fourth-order valence-corrected chi connectivity index (χ4v) is 3.55. The molecule has 142 valence electrons. The first-order valence-corrected chi connectivity index (χ1v) is 8.66. The number of nitrogens with one attached hydrogen (secondary N) is 2. The highest BCUT2D eigenvalue weighted by molar-refractivity contribution is 5.90. The fourth-order valence-electron chi connectivity index (χ4n) is 3.55. The van der Waals surface area contributed by atoms with Gasteiger partial charge in [-0.15, -0.1) is 6.58 Å². The summed E-state index contributed by atoms with van der Waals surface area (Å²) in [4.78, 5) is 35.4. The summed E-state index contributed by atoms with van der Waals surface area (Å²) < 4.78 is 5.20. The average molecular weight is 353 g/mol. The van der Waals surface area contributed by atoms with Crippen LogP contribution < -0.4 is 16.4 Å². The van der Waals surface area contributed by atoms with Crippen LogP contribution in [0.4, 0.5) is 4.79 Å². The molecular weight excluding hydrogens is 322 g/mol. The van der Waals surface area contributed by atoms with Gasteiger partial charge >= 0.3 is 6.09 Å². The first kappa shape index (κ1) is 21.0. The lowest BCUT2D eigenvalue weighted by molar-refractivity contribution is -0.132. The number of amides is 3. The Bertz CT molecular complexity index is 527. The van der Waals surface area contributed by atoms with Crippen molar-refractivity contribution in [1.29, 1.82) is 0 Å². The van der Waals surface area contributed by atoms with Gasteiger partial charge in [-0.1, -0.05) is 6.08 Å². The van der Waals surface area contributed by atoms with Crippen LogP contribution in [0, 0.1) is 11.8 Å². The molecule has 1 rings (SSSR count). The van der Waals surface area contributed by atoms with E-state index in [1.54, 1.807) is 26.8 Å². The maximum atomic E-state index is 12.1. The van der Waals surface area contributed by atoms with Crippen molar-refractivity contribution in [2.24, 2.45) is 17.6 Å². The third-order valence-corrected chi connectivity index (χ3v) is 4.44. The van der Waals surface area contributed by atoms with Crippen LogP contribution in [0.1, 0.15) is 53.4 Å². The molecule has 0 radical (unpaired) electrons. The molecule has 0 saturated heterocycles. The fraction of sp³-hybridized carbons (Fsp3) is 0.722. The summed E-state index contributed by atoms with van der Waals surface area (Å²) in [6, 6.07) is 0. The monoisotopic (exact) mass is 353 g/mol. The van der Waals surface area contributed by atoms with Crippen molar-refractivity contribution in [3.05, 3.63) is 12.7 Å². The van der Waals surface area contributed by atoms with E-state index in [4.69, 9.17) is 10.5 Å². The molecule has 3 amide bonds. The second-order valence-corrected chi connectivity index (χ2v) is 7.76. The van der Waals surface area contributed by atoms with Crippen LogP contribution in [-0.4, -0.2) is 35.6 Å². The van der Waals surface area contributed by atoms with Crippen LogP contribution in [0.3, 0.4) is 0 Å². The molecule has 0 aromatic heterocycles. The Morgan fingerprint density at radius 2 is 2.00 bits per heavy atom. The zero-order valence-electron chi connectivity index (χ0n) is 15.7. The molecule has 0 heterocycles. The zero-order chi connectivity index (χ0) is 19.3. The predicted octanol–water partition coefficient (Wildman–Crippen LogP) is 1.86. The van der Waals surface area contributed by atoms with E-state index in [0.717, 1.165) is 6.42 Å². The van der Waals surface area contributed by atoms with Crippen molar-refractivity contribution in [2.45, 2.75) is 64.5 Å². The largest absolute Gasteiger partial charge is 0.444 e. The Labute approximate surface area is 149 Å². The highest BCUT2D eigenvalue weighted by Gasteiger charge is 2.51. The van der Waals surface area contributed by atoms with Crippen LogP contribution >= 0.6 is 0 Å². The van der Waals surface area contributed by atoms with Crippen molar-refractivity contribution >= 4 is 17.9 Å². The average Bonchev–Trinajstić information content (AvgIpc) is 2.75. The van der Waals surface area contributed by atoms with Gasteiger partial charge in [0.15, 0.2) is 0 Å². The van der Waals surface area contributed by atoms with Crippen molar-refractivity contribution in [2.75, 3.05) is 6.54 Å². The minimum absolute atomic E-state index is 0.0853. The van der Waals surface area contributed by atoms with E-state index < -0.39 is 23.1 Å². The lowest BCUT2D eigenvalue weighted by Gasteiger charge is -2.32. The third-order valence-electron chi connectivity index (χ3n) is 4.44. The summed E-state index contributed by atoms with van der Waals surface area (Å²) in [5.41, 5.74) is 4.04. The molecule has 7 nitrogen and oxygen atoms in total. The molecule has 1 fully saturated rings. The van der Waals surface area contributed by atoms with Gasteiger partial charge in [-0.3, -0.25) is 9.59 Å². The first-order valence-electron chi connectivity index (χ1n) is 8.66. The van der Waals surface area contributed by atoms with Gasteiger partial charge in [-0.2, -0.15) is 0 Å². The quantitative estimate of drug-likeness (QED) is 0.607. The van der Waals surface area contributed by atoms with Crippen molar-refractivity contribution in [1.82, 2.24) is 10.6 Å². The minimum atomic E-state index is -1.05. The SMILES string of the molecule is C=CCC1C[C@H](CCNC(=O)OC(C)(C)C)C[C@@]1(NC(C)=O)C(N)=O. The maximum Gasteiger partial charge on any atom is 0.407 e. The van der Waals surface area contributed by atoms with Gasteiger partial charge in [-0.05, 0) is 58.3 Å². The van der Waals surface area contributed by atoms with E-state index in [1.807, 2.05) is 0 Å². The Kier molecular flexibility index (Phi) is 7.02. The summed E-state index contributed by atoms with van der Waals surface area (Å²) in [5.74, 6) is -0.713. The van der Waals surface area contributed by atoms with Gasteiger partial charge < -0.3 is 21.1 Å². The van der Waals surface area contributed by atoms with Gasteiger partial charge in [0.2, 0.25) is 11.8 Å². The zero-order valence-corrected chi connectivity index (χ0v) is 15.7. The molecule has 25 heavy (non-hydrogen) atoms. The molecule has 0 spiro atoms. The van der Waals surface area contributed by atoms with Crippen LogP contribution in [0.2, 0.25) is 0 Å². The van der Waals surface area contributed by atoms with Crippen LogP contribution in [0.25, 0.3) is 0 Å². The van der Waals surface area contributed by atoms with E-state index in [2.05, 4.69) is 17.2 Å². The van der Waals surface area contributed by atoms with E-state index in [1.165, 1.54) is 6.92 Å². The van der Waals surface area contributed by atoms with Crippen LogP contribution in [0.15, 0.2) is 12.7 Å². The van der Waals surface area contributed by atoms with Crippen molar-refractivity contribution in [3.63, 3.8) is 0 Å². The van der Waals surface area contributed by atoms with E-state index in [-0.39, 0.29) is 17.7 Å². The summed E-state index contributed by atoms with van der Waals surface area (Å²) >= 11 is 0. The Hall–Kier alpha value is -2.05. The number of ether oxygens (including phenoxy) is 1.